The number of pyridine rings is 1. The van der Waals surface area contributed by atoms with Crippen molar-refractivity contribution in [2.75, 3.05) is 18.2 Å². The van der Waals surface area contributed by atoms with Crippen LogP contribution in [0.2, 0.25) is 0 Å². The summed E-state index contributed by atoms with van der Waals surface area (Å²) in [5.41, 5.74) is 9.67. The van der Waals surface area contributed by atoms with Crippen molar-refractivity contribution in [2.24, 2.45) is 0 Å². The van der Waals surface area contributed by atoms with Gasteiger partial charge in [0, 0.05) is 30.7 Å². The number of nitrogens with two attached hydrogens (primary N) is 1. The number of nitrogens with one attached hydrogen (secondary N) is 1. The lowest BCUT2D eigenvalue weighted by atomic mass is 10.1. The topological polar surface area (TPSA) is 90.4 Å². The summed E-state index contributed by atoms with van der Waals surface area (Å²) in [6.45, 7) is 0.582. The zero-order valence-electron chi connectivity index (χ0n) is 14.3. The van der Waals surface area contributed by atoms with E-state index in [1.165, 1.54) is 0 Å². The standard InChI is InChI=1S/C19H18N6O/c1-26-15-5-3-14(4-6-15)16-11-22-18(20)19(24-16)23-10-13-2-7-17-21-8-9-25(17)12-13/h2-9,11-12H,10H2,1H3,(H2,20,22)(H,23,24). The number of anilines is 2. The summed E-state index contributed by atoms with van der Waals surface area (Å²) in [5, 5.41) is 3.26. The number of ether oxygens (including phenoxy) is 1. The number of benzene rings is 1. The number of fused-ring (bicyclic) bond motifs is 1. The van der Waals surface area contributed by atoms with Crippen molar-refractivity contribution < 1.29 is 4.74 Å². The third kappa shape index (κ3) is 3.14. The molecule has 0 atom stereocenters. The first-order valence-electron chi connectivity index (χ1n) is 8.15. The molecule has 3 N–H and O–H groups in total. The molecule has 4 rings (SSSR count). The van der Waals surface area contributed by atoms with Gasteiger partial charge in [0.25, 0.3) is 0 Å². The van der Waals surface area contributed by atoms with E-state index in [2.05, 4.69) is 20.3 Å². The summed E-state index contributed by atoms with van der Waals surface area (Å²) in [5.74, 6) is 1.72. The fourth-order valence-corrected chi connectivity index (χ4v) is 2.69. The van der Waals surface area contributed by atoms with Crippen LogP contribution in [0, 0.1) is 0 Å². The number of rotatable bonds is 5. The van der Waals surface area contributed by atoms with E-state index in [1.807, 2.05) is 53.2 Å². The molecule has 26 heavy (non-hydrogen) atoms. The number of methoxy groups -OCH3 is 1. The Morgan fingerprint density at radius 1 is 1.12 bits per heavy atom. The molecule has 0 aliphatic heterocycles. The highest BCUT2D eigenvalue weighted by Gasteiger charge is 2.07. The minimum absolute atomic E-state index is 0.367. The number of hydrogen-bond donors (Lipinski definition) is 2. The van der Waals surface area contributed by atoms with Crippen molar-refractivity contribution in [3.63, 3.8) is 0 Å². The molecule has 0 amide bonds. The van der Waals surface area contributed by atoms with E-state index in [9.17, 15) is 0 Å². The largest absolute Gasteiger partial charge is 0.497 e. The summed E-state index contributed by atoms with van der Waals surface area (Å²) < 4.78 is 7.16. The van der Waals surface area contributed by atoms with Crippen LogP contribution in [0.5, 0.6) is 5.75 Å². The highest BCUT2D eigenvalue weighted by molar-refractivity contribution is 5.65. The van der Waals surface area contributed by atoms with Gasteiger partial charge in [-0.3, -0.25) is 0 Å². The normalized spacial score (nSPS) is 10.8. The van der Waals surface area contributed by atoms with Gasteiger partial charge < -0.3 is 20.2 Å². The molecule has 1 aromatic carbocycles. The number of nitrogens with zero attached hydrogens (tertiary/aromatic N) is 4. The highest BCUT2D eigenvalue weighted by atomic mass is 16.5. The number of hydrogen-bond acceptors (Lipinski definition) is 6. The van der Waals surface area contributed by atoms with Crippen molar-refractivity contribution in [3.8, 4) is 17.0 Å². The fourth-order valence-electron chi connectivity index (χ4n) is 2.69. The minimum atomic E-state index is 0.367. The van der Waals surface area contributed by atoms with E-state index in [0.717, 1.165) is 28.2 Å². The SMILES string of the molecule is COc1ccc(-c2cnc(N)c(NCc3ccc4nccn4c3)n2)cc1. The molecule has 0 radical (unpaired) electrons. The van der Waals surface area contributed by atoms with Gasteiger partial charge in [0.2, 0.25) is 0 Å². The number of imidazole rings is 1. The molecule has 3 heterocycles. The summed E-state index contributed by atoms with van der Waals surface area (Å²) >= 11 is 0. The molecule has 7 heteroatoms. The lowest BCUT2D eigenvalue weighted by Gasteiger charge is -2.10. The van der Waals surface area contributed by atoms with Crippen LogP contribution in [0.4, 0.5) is 11.6 Å². The minimum Gasteiger partial charge on any atom is -0.497 e. The highest BCUT2D eigenvalue weighted by Crippen LogP contribution is 2.23. The fraction of sp³-hybridized carbons (Fsp3) is 0.105. The van der Waals surface area contributed by atoms with E-state index < -0.39 is 0 Å². The molecule has 0 saturated heterocycles. The van der Waals surface area contributed by atoms with Crippen molar-refractivity contribution in [3.05, 3.63) is 66.7 Å². The molecule has 7 nitrogen and oxygen atoms in total. The van der Waals surface area contributed by atoms with E-state index in [-0.39, 0.29) is 0 Å². The predicted octanol–water partition coefficient (Wildman–Crippen LogP) is 2.99. The van der Waals surface area contributed by atoms with Crippen LogP contribution < -0.4 is 15.8 Å². The molecule has 0 aliphatic carbocycles. The van der Waals surface area contributed by atoms with Crippen molar-refractivity contribution in [1.82, 2.24) is 19.4 Å². The van der Waals surface area contributed by atoms with Crippen LogP contribution in [0.25, 0.3) is 16.9 Å². The van der Waals surface area contributed by atoms with Gasteiger partial charge in [-0.1, -0.05) is 6.07 Å². The molecule has 130 valence electrons. The third-order valence-electron chi connectivity index (χ3n) is 4.10. The molecule has 0 saturated carbocycles. The maximum atomic E-state index is 5.98. The number of aromatic nitrogens is 4. The summed E-state index contributed by atoms with van der Waals surface area (Å²) in [7, 11) is 1.64. The molecular weight excluding hydrogens is 328 g/mol. The van der Waals surface area contributed by atoms with Crippen molar-refractivity contribution in [2.45, 2.75) is 6.54 Å². The van der Waals surface area contributed by atoms with Crippen LogP contribution in [-0.2, 0) is 6.54 Å². The van der Waals surface area contributed by atoms with Gasteiger partial charge in [-0.05, 0) is 35.9 Å². The predicted molar refractivity (Wildman–Crippen MR) is 101 cm³/mol. The van der Waals surface area contributed by atoms with Gasteiger partial charge in [0.05, 0.1) is 19.0 Å². The van der Waals surface area contributed by atoms with Crippen molar-refractivity contribution in [1.29, 1.82) is 0 Å². The Kier molecular flexibility index (Phi) is 4.10. The van der Waals surface area contributed by atoms with E-state index in [1.54, 1.807) is 19.5 Å². The molecule has 0 spiro atoms. The quantitative estimate of drug-likeness (QED) is 0.577. The Balaban J connectivity index is 1.55. The first kappa shape index (κ1) is 15.9. The summed E-state index contributed by atoms with van der Waals surface area (Å²) in [4.78, 5) is 13.1. The summed E-state index contributed by atoms with van der Waals surface area (Å²) in [6, 6.07) is 11.7. The smallest absolute Gasteiger partial charge is 0.169 e. The first-order valence-corrected chi connectivity index (χ1v) is 8.15. The Bertz CT molecular complexity index is 1040. The first-order chi connectivity index (χ1) is 12.7. The zero-order valence-corrected chi connectivity index (χ0v) is 14.3. The van der Waals surface area contributed by atoms with Gasteiger partial charge in [0.1, 0.15) is 11.4 Å². The molecular formula is C19H18N6O. The van der Waals surface area contributed by atoms with Crippen molar-refractivity contribution >= 4 is 17.3 Å². The second-order valence-electron chi connectivity index (χ2n) is 5.80. The lowest BCUT2D eigenvalue weighted by Crippen LogP contribution is -2.07. The second-order valence-corrected chi connectivity index (χ2v) is 5.80. The average Bonchev–Trinajstić information content (AvgIpc) is 3.15. The monoisotopic (exact) mass is 346 g/mol. The van der Waals surface area contributed by atoms with Crippen LogP contribution in [0.1, 0.15) is 5.56 Å². The number of nitrogen functional groups attached to an aromatic ring is 1. The Morgan fingerprint density at radius 2 is 1.96 bits per heavy atom. The Morgan fingerprint density at radius 3 is 2.77 bits per heavy atom. The van der Waals surface area contributed by atoms with Crippen LogP contribution in [0.15, 0.2) is 61.2 Å². The molecule has 0 bridgehead atoms. The zero-order chi connectivity index (χ0) is 17.9. The molecule has 0 fully saturated rings. The van der Waals surface area contributed by atoms with E-state index >= 15 is 0 Å². The maximum Gasteiger partial charge on any atom is 0.169 e. The second kappa shape index (κ2) is 6.72. The average molecular weight is 346 g/mol. The third-order valence-corrected chi connectivity index (χ3v) is 4.10. The molecule has 0 unspecified atom stereocenters. The molecule has 0 aliphatic rings. The molecule has 3 aromatic heterocycles. The van der Waals surface area contributed by atoms with Gasteiger partial charge in [-0.25, -0.2) is 15.0 Å². The van der Waals surface area contributed by atoms with E-state index in [4.69, 9.17) is 10.5 Å². The van der Waals surface area contributed by atoms with Gasteiger partial charge >= 0.3 is 0 Å². The van der Waals surface area contributed by atoms with Crippen LogP contribution >= 0.6 is 0 Å². The Hall–Kier alpha value is -3.61. The maximum absolute atomic E-state index is 5.98. The molecule has 4 aromatic rings. The van der Waals surface area contributed by atoms with Crippen LogP contribution in [-0.4, -0.2) is 26.5 Å². The Labute approximate surface area is 150 Å². The van der Waals surface area contributed by atoms with Gasteiger partial charge in [-0.15, -0.1) is 0 Å². The lowest BCUT2D eigenvalue weighted by molar-refractivity contribution is 0.415. The van der Waals surface area contributed by atoms with Crippen LogP contribution in [0.3, 0.4) is 0 Å². The van der Waals surface area contributed by atoms with Gasteiger partial charge in [-0.2, -0.15) is 0 Å². The summed E-state index contributed by atoms with van der Waals surface area (Å²) in [6.07, 6.45) is 7.37. The van der Waals surface area contributed by atoms with E-state index in [0.29, 0.717) is 18.2 Å². The van der Waals surface area contributed by atoms with Gasteiger partial charge in [0.15, 0.2) is 11.6 Å².